The quantitative estimate of drug-likeness (QED) is 0.557. The first-order valence-electron chi connectivity index (χ1n) is 10.4. The number of nitrogens with zero attached hydrogens (tertiary/aromatic N) is 5. The molecule has 0 unspecified atom stereocenters. The van der Waals surface area contributed by atoms with E-state index in [1.807, 2.05) is 29.1 Å². The standard InChI is InChI=1S/C24H24N6O/c1-16-12-17(2)22(30-10-3-7-26-30)19(13-16)14-29-11-6-20-21(15-29)27-23(28-24(20)31)18-4-8-25-9-5-18/h3-5,7-10,12-13H,6,11,14-15H2,1-2H3,(H,27,28,31). The van der Waals surface area contributed by atoms with Gasteiger partial charge in [-0.1, -0.05) is 17.7 Å². The zero-order valence-electron chi connectivity index (χ0n) is 17.7. The number of fused-ring (bicyclic) bond motifs is 1. The fraction of sp³-hybridized carbons (Fsp3) is 0.250. The van der Waals surface area contributed by atoms with Crippen molar-refractivity contribution in [3.8, 4) is 17.1 Å². The van der Waals surface area contributed by atoms with Gasteiger partial charge in [0.15, 0.2) is 0 Å². The van der Waals surface area contributed by atoms with Crippen LogP contribution in [0.15, 0.2) is 59.9 Å². The number of hydrogen-bond donors (Lipinski definition) is 1. The Balaban J connectivity index is 1.47. The van der Waals surface area contributed by atoms with Crippen LogP contribution in [-0.4, -0.2) is 36.2 Å². The number of H-pyrrole nitrogens is 1. The zero-order valence-corrected chi connectivity index (χ0v) is 17.7. The van der Waals surface area contributed by atoms with Crippen LogP contribution in [0.4, 0.5) is 0 Å². The SMILES string of the molecule is Cc1cc(C)c(-n2cccn2)c(CN2CCc3c(nc(-c4ccncc4)[nH]c3=O)C2)c1. The number of rotatable bonds is 4. The van der Waals surface area contributed by atoms with Crippen molar-refractivity contribution >= 4 is 0 Å². The monoisotopic (exact) mass is 412 g/mol. The van der Waals surface area contributed by atoms with Crippen molar-refractivity contribution in [3.05, 3.63) is 93.4 Å². The van der Waals surface area contributed by atoms with Crippen molar-refractivity contribution in [2.75, 3.05) is 6.54 Å². The molecule has 0 aliphatic carbocycles. The minimum absolute atomic E-state index is 0.0416. The molecular weight excluding hydrogens is 388 g/mol. The van der Waals surface area contributed by atoms with Crippen molar-refractivity contribution in [3.63, 3.8) is 0 Å². The summed E-state index contributed by atoms with van der Waals surface area (Å²) in [7, 11) is 0. The highest BCUT2D eigenvalue weighted by molar-refractivity contribution is 5.54. The highest BCUT2D eigenvalue weighted by Crippen LogP contribution is 2.25. The molecule has 31 heavy (non-hydrogen) atoms. The molecule has 0 saturated heterocycles. The van der Waals surface area contributed by atoms with Gasteiger partial charge in [-0.2, -0.15) is 5.10 Å². The third kappa shape index (κ3) is 3.80. The molecule has 0 spiro atoms. The number of pyridine rings is 1. The minimum Gasteiger partial charge on any atom is -0.306 e. The predicted octanol–water partition coefficient (Wildman–Crippen LogP) is 3.19. The lowest BCUT2D eigenvalue weighted by Gasteiger charge is -2.29. The Kier molecular flexibility index (Phi) is 4.95. The molecule has 1 aliphatic heterocycles. The van der Waals surface area contributed by atoms with Crippen LogP contribution in [-0.2, 0) is 19.5 Å². The van der Waals surface area contributed by atoms with Crippen LogP contribution in [0.1, 0.15) is 27.9 Å². The number of hydrogen-bond acceptors (Lipinski definition) is 5. The summed E-state index contributed by atoms with van der Waals surface area (Å²) in [4.78, 5) is 26.8. The van der Waals surface area contributed by atoms with E-state index in [4.69, 9.17) is 4.98 Å². The molecule has 0 atom stereocenters. The van der Waals surface area contributed by atoms with Crippen LogP contribution in [0.2, 0.25) is 0 Å². The highest BCUT2D eigenvalue weighted by atomic mass is 16.1. The second-order valence-corrected chi connectivity index (χ2v) is 8.08. The summed E-state index contributed by atoms with van der Waals surface area (Å²) < 4.78 is 1.94. The molecule has 0 fully saturated rings. The Hall–Kier alpha value is -3.58. The van der Waals surface area contributed by atoms with E-state index in [-0.39, 0.29) is 5.56 Å². The molecule has 7 nitrogen and oxygen atoms in total. The van der Waals surface area contributed by atoms with Crippen molar-refractivity contribution in [1.29, 1.82) is 0 Å². The summed E-state index contributed by atoms with van der Waals surface area (Å²) in [6.45, 7) is 6.48. The number of aromatic amines is 1. The third-order valence-electron chi connectivity index (χ3n) is 5.76. The van der Waals surface area contributed by atoms with E-state index in [2.05, 4.69) is 45.9 Å². The maximum Gasteiger partial charge on any atom is 0.254 e. The lowest BCUT2D eigenvalue weighted by atomic mass is 10.0. The first-order valence-corrected chi connectivity index (χ1v) is 10.4. The van der Waals surface area contributed by atoms with Crippen molar-refractivity contribution in [1.82, 2.24) is 29.6 Å². The Morgan fingerprint density at radius 1 is 1.13 bits per heavy atom. The second kappa shape index (κ2) is 7.92. The molecule has 4 aromatic rings. The van der Waals surface area contributed by atoms with Crippen molar-refractivity contribution < 1.29 is 0 Å². The Bertz CT molecular complexity index is 1280. The lowest BCUT2D eigenvalue weighted by molar-refractivity contribution is 0.240. The number of aromatic nitrogens is 5. The number of aryl methyl sites for hydroxylation is 2. The maximum absolute atomic E-state index is 12.7. The van der Waals surface area contributed by atoms with Crippen LogP contribution in [0, 0.1) is 13.8 Å². The van der Waals surface area contributed by atoms with E-state index < -0.39 is 0 Å². The molecule has 0 amide bonds. The number of nitrogens with one attached hydrogen (secondary N) is 1. The smallest absolute Gasteiger partial charge is 0.254 e. The summed E-state index contributed by atoms with van der Waals surface area (Å²) in [5, 5.41) is 4.46. The fourth-order valence-corrected chi connectivity index (χ4v) is 4.41. The zero-order chi connectivity index (χ0) is 21.4. The molecule has 5 rings (SSSR count). The van der Waals surface area contributed by atoms with Crippen LogP contribution < -0.4 is 5.56 Å². The second-order valence-electron chi connectivity index (χ2n) is 8.08. The van der Waals surface area contributed by atoms with Gasteiger partial charge in [0, 0.05) is 55.5 Å². The van der Waals surface area contributed by atoms with E-state index in [9.17, 15) is 4.79 Å². The van der Waals surface area contributed by atoms with Gasteiger partial charge in [0.1, 0.15) is 5.82 Å². The van der Waals surface area contributed by atoms with Gasteiger partial charge >= 0.3 is 0 Å². The Morgan fingerprint density at radius 3 is 2.74 bits per heavy atom. The summed E-state index contributed by atoms with van der Waals surface area (Å²) in [6.07, 6.45) is 7.89. The minimum atomic E-state index is -0.0416. The van der Waals surface area contributed by atoms with E-state index in [0.717, 1.165) is 35.6 Å². The molecular formula is C24H24N6O. The van der Waals surface area contributed by atoms with Crippen LogP contribution in [0.25, 0.3) is 17.1 Å². The summed E-state index contributed by atoms with van der Waals surface area (Å²) >= 11 is 0. The fourth-order valence-electron chi connectivity index (χ4n) is 4.41. The van der Waals surface area contributed by atoms with E-state index in [1.165, 1.54) is 16.7 Å². The van der Waals surface area contributed by atoms with Gasteiger partial charge in [-0.05, 0) is 49.6 Å². The van der Waals surface area contributed by atoms with Gasteiger partial charge < -0.3 is 4.98 Å². The average Bonchev–Trinajstić information content (AvgIpc) is 3.28. The third-order valence-corrected chi connectivity index (χ3v) is 5.76. The molecule has 1 aromatic carbocycles. The van der Waals surface area contributed by atoms with Gasteiger partial charge in [0.25, 0.3) is 5.56 Å². The lowest BCUT2D eigenvalue weighted by Crippen LogP contribution is -2.35. The molecule has 4 heterocycles. The van der Waals surface area contributed by atoms with Crippen LogP contribution >= 0.6 is 0 Å². The topological polar surface area (TPSA) is 79.7 Å². The predicted molar refractivity (Wildman–Crippen MR) is 119 cm³/mol. The van der Waals surface area contributed by atoms with Gasteiger partial charge in [0.2, 0.25) is 0 Å². The molecule has 1 N–H and O–H groups in total. The Morgan fingerprint density at radius 2 is 1.97 bits per heavy atom. The van der Waals surface area contributed by atoms with Gasteiger partial charge in [-0.3, -0.25) is 14.7 Å². The average molecular weight is 412 g/mol. The largest absolute Gasteiger partial charge is 0.306 e. The normalized spacial score (nSPS) is 13.9. The molecule has 3 aromatic heterocycles. The van der Waals surface area contributed by atoms with Gasteiger partial charge in [-0.25, -0.2) is 9.67 Å². The first kappa shape index (κ1) is 19.4. The van der Waals surface area contributed by atoms with E-state index in [0.29, 0.717) is 18.8 Å². The summed E-state index contributed by atoms with van der Waals surface area (Å²) in [5.74, 6) is 0.594. The molecule has 7 heteroatoms. The van der Waals surface area contributed by atoms with E-state index >= 15 is 0 Å². The van der Waals surface area contributed by atoms with Crippen molar-refractivity contribution in [2.24, 2.45) is 0 Å². The number of benzene rings is 1. The Labute approximate surface area is 180 Å². The maximum atomic E-state index is 12.7. The summed E-state index contributed by atoms with van der Waals surface area (Å²) in [6, 6.07) is 10.1. The van der Waals surface area contributed by atoms with Gasteiger partial charge in [0.05, 0.1) is 11.4 Å². The molecule has 0 radical (unpaired) electrons. The first-order chi connectivity index (χ1) is 15.1. The molecule has 156 valence electrons. The van der Waals surface area contributed by atoms with Crippen LogP contribution in [0.5, 0.6) is 0 Å². The van der Waals surface area contributed by atoms with E-state index in [1.54, 1.807) is 18.6 Å². The van der Waals surface area contributed by atoms with Crippen molar-refractivity contribution in [2.45, 2.75) is 33.4 Å². The highest BCUT2D eigenvalue weighted by Gasteiger charge is 2.23. The molecule has 0 bridgehead atoms. The van der Waals surface area contributed by atoms with Crippen LogP contribution in [0.3, 0.4) is 0 Å². The summed E-state index contributed by atoms with van der Waals surface area (Å²) in [5.41, 5.74) is 7.25. The molecule has 1 aliphatic rings. The van der Waals surface area contributed by atoms with Gasteiger partial charge in [-0.15, -0.1) is 0 Å². The molecule has 0 saturated carbocycles.